The van der Waals surface area contributed by atoms with Gasteiger partial charge in [0.1, 0.15) is 0 Å². The first kappa shape index (κ1) is 27.9. The number of para-hydroxylation sites is 5. The van der Waals surface area contributed by atoms with Crippen molar-refractivity contribution in [2.75, 3.05) is 9.80 Å². The van der Waals surface area contributed by atoms with Gasteiger partial charge in [-0.05, 0) is 75.9 Å². The Balaban J connectivity index is 1.44. The Kier molecular flexibility index (Phi) is 5.47. The maximum Gasteiger partial charge on any atom is 0.252 e. The molecule has 0 atom stereocenters. The second kappa shape index (κ2) is 9.80. The number of rotatable bonds is 2. The molecule has 0 aliphatic carbocycles. The van der Waals surface area contributed by atoms with Crippen LogP contribution in [0.1, 0.15) is 26.3 Å². The van der Waals surface area contributed by atoms with Gasteiger partial charge in [-0.2, -0.15) is 0 Å². The lowest BCUT2D eigenvalue weighted by molar-refractivity contribution is 0.591. The Labute approximate surface area is 292 Å². The molecule has 0 saturated heterocycles. The Morgan fingerprint density at radius 1 is 0.480 bits per heavy atom. The summed E-state index contributed by atoms with van der Waals surface area (Å²) in [6, 6.07) is 56.4. The molecule has 0 fully saturated rings. The van der Waals surface area contributed by atoms with Gasteiger partial charge in [0.2, 0.25) is 0 Å². The zero-order valence-electron chi connectivity index (χ0n) is 28.4. The van der Waals surface area contributed by atoms with Crippen LogP contribution in [-0.4, -0.2) is 11.1 Å². The highest BCUT2D eigenvalue weighted by atomic mass is 15.2. The van der Waals surface area contributed by atoms with Crippen molar-refractivity contribution in [3.8, 4) is 0 Å². The molecular weight excluding hydrogens is 605 g/mol. The summed E-state index contributed by atoms with van der Waals surface area (Å²) in [6.07, 6.45) is 0. The fourth-order valence-corrected chi connectivity index (χ4v) is 9.13. The Morgan fingerprint density at radius 2 is 0.980 bits per heavy atom. The molecule has 0 N–H and O–H groups in total. The Hall–Kier alpha value is -6.00. The molecule has 2 aliphatic heterocycles. The van der Waals surface area contributed by atoms with E-state index in [0.717, 1.165) is 0 Å². The molecule has 11 rings (SSSR count). The van der Waals surface area contributed by atoms with E-state index in [2.05, 4.69) is 187 Å². The van der Waals surface area contributed by atoms with Gasteiger partial charge in [-0.15, -0.1) is 0 Å². The van der Waals surface area contributed by atoms with Crippen LogP contribution in [0.15, 0.2) is 152 Å². The van der Waals surface area contributed by atoms with Gasteiger partial charge < -0.3 is 14.2 Å². The molecule has 4 heteroatoms. The van der Waals surface area contributed by atoms with Crippen molar-refractivity contribution in [3.05, 3.63) is 157 Å². The summed E-state index contributed by atoms with van der Waals surface area (Å²) in [6.45, 7) is 7.03. The maximum absolute atomic E-state index is 2.58. The SMILES string of the molecule is CC(C)(C)c1ccc2c(c1)B1c3ccccc3N(c3ccccc3)c3c1c(c1c4ccccc4n4c5ccccc5c3c14)N2c1ccccc1. The van der Waals surface area contributed by atoms with Gasteiger partial charge in [0.05, 0.1) is 27.9 Å². The highest BCUT2D eigenvalue weighted by molar-refractivity contribution is 7.01. The molecule has 0 amide bonds. The minimum Gasteiger partial charge on any atom is -0.311 e. The highest BCUT2D eigenvalue weighted by Gasteiger charge is 2.46. The predicted octanol–water partition coefficient (Wildman–Crippen LogP) is 10.2. The van der Waals surface area contributed by atoms with Crippen molar-refractivity contribution in [2.45, 2.75) is 26.2 Å². The van der Waals surface area contributed by atoms with Gasteiger partial charge in [0.25, 0.3) is 6.71 Å². The van der Waals surface area contributed by atoms with Gasteiger partial charge in [0.15, 0.2) is 0 Å². The van der Waals surface area contributed by atoms with Crippen LogP contribution >= 0.6 is 0 Å². The number of hydrogen-bond acceptors (Lipinski definition) is 2. The van der Waals surface area contributed by atoms with Crippen LogP contribution in [0.2, 0.25) is 0 Å². The summed E-state index contributed by atoms with van der Waals surface area (Å²) in [5.41, 5.74) is 16.6. The molecular formula is C46H34BN3. The maximum atomic E-state index is 2.58. The van der Waals surface area contributed by atoms with Crippen molar-refractivity contribution in [1.82, 2.24) is 4.40 Å². The van der Waals surface area contributed by atoms with E-state index in [1.807, 2.05) is 0 Å². The molecule has 0 spiro atoms. The van der Waals surface area contributed by atoms with E-state index in [0.29, 0.717) is 0 Å². The van der Waals surface area contributed by atoms with E-state index in [-0.39, 0.29) is 12.1 Å². The second-order valence-electron chi connectivity index (χ2n) is 14.9. The van der Waals surface area contributed by atoms with Crippen molar-refractivity contribution in [2.24, 2.45) is 0 Å². The van der Waals surface area contributed by atoms with E-state index in [4.69, 9.17) is 0 Å². The summed E-state index contributed by atoms with van der Waals surface area (Å²) in [5, 5.41) is 5.21. The normalized spacial score (nSPS) is 13.8. The van der Waals surface area contributed by atoms with Crippen molar-refractivity contribution < 1.29 is 0 Å². The summed E-state index contributed by atoms with van der Waals surface area (Å²) in [4.78, 5) is 5.14. The molecule has 2 aromatic heterocycles. The largest absolute Gasteiger partial charge is 0.311 e. The lowest BCUT2D eigenvalue weighted by Gasteiger charge is -2.45. The number of hydrogen-bond donors (Lipinski definition) is 0. The summed E-state index contributed by atoms with van der Waals surface area (Å²) in [7, 11) is 0. The zero-order chi connectivity index (χ0) is 33.3. The van der Waals surface area contributed by atoms with Crippen LogP contribution in [0.5, 0.6) is 0 Å². The standard InChI is InChI=1S/C46H34BN3/c1-46(2,3)29-26-27-39-35(28-29)47-34-22-12-15-25-38(34)48(30-16-6-4-7-17-30)44-40-32-20-10-13-23-36(32)50-37-24-14-11-21-33(37)41(43(40)50)45(42(44)47)49(39)31-18-8-5-9-19-31/h4-28H,1-3H3. The van der Waals surface area contributed by atoms with Crippen LogP contribution in [0.3, 0.4) is 0 Å². The van der Waals surface area contributed by atoms with E-state index < -0.39 is 0 Å². The molecule has 236 valence electrons. The smallest absolute Gasteiger partial charge is 0.252 e. The number of aromatic nitrogens is 1. The van der Waals surface area contributed by atoms with E-state index in [1.54, 1.807) is 0 Å². The van der Waals surface area contributed by atoms with Crippen molar-refractivity contribution in [1.29, 1.82) is 0 Å². The van der Waals surface area contributed by atoms with Crippen LogP contribution < -0.4 is 26.2 Å². The van der Waals surface area contributed by atoms with Gasteiger partial charge in [-0.1, -0.05) is 124 Å². The molecule has 4 heterocycles. The number of benzene rings is 7. The van der Waals surface area contributed by atoms with Crippen molar-refractivity contribution in [3.63, 3.8) is 0 Å². The summed E-state index contributed by atoms with van der Waals surface area (Å²) < 4.78 is 2.53. The first-order valence-electron chi connectivity index (χ1n) is 17.7. The van der Waals surface area contributed by atoms with Gasteiger partial charge in [-0.3, -0.25) is 0 Å². The van der Waals surface area contributed by atoms with Crippen LogP contribution in [-0.2, 0) is 5.41 Å². The van der Waals surface area contributed by atoms with Crippen LogP contribution in [0, 0.1) is 0 Å². The number of fused-ring (bicyclic) bond motifs is 12. The average molecular weight is 640 g/mol. The summed E-state index contributed by atoms with van der Waals surface area (Å²) >= 11 is 0. The molecule has 3 nitrogen and oxygen atoms in total. The van der Waals surface area contributed by atoms with Crippen LogP contribution in [0.4, 0.5) is 34.1 Å². The predicted molar refractivity (Wildman–Crippen MR) is 214 cm³/mol. The third kappa shape index (κ3) is 3.50. The quantitative estimate of drug-likeness (QED) is 0.174. The fraction of sp³-hybridized carbons (Fsp3) is 0.0870. The Morgan fingerprint density at radius 3 is 1.56 bits per heavy atom. The minimum atomic E-state index is 0.00433. The molecule has 9 aromatic rings. The lowest BCUT2D eigenvalue weighted by Crippen LogP contribution is -2.61. The first-order chi connectivity index (χ1) is 24.5. The lowest BCUT2D eigenvalue weighted by atomic mass is 9.33. The first-order valence-corrected chi connectivity index (χ1v) is 17.7. The molecule has 0 bridgehead atoms. The minimum absolute atomic E-state index is 0.00433. The molecule has 0 saturated carbocycles. The molecule has 0 unspecified atom stereocenters. The third-order valence-corrected chi connectivity index (χ3v) is 11.2. The topological polar surface area (TPSA) is 10.9 Å². The molecule has 0 radical (unpaired) electrons. The van der Waals surface area contributed by atoms with Crippen molar-refractivity contribution >= 4 is 95.3 Å². The van der Waals surface area contributed by atoms with Gasteiger partial charge >= 0.3 is 0 Å². The third-order valence-electron chi connectivity index (χ3n) is 11.2. The summed E-state index contributed by atoms with van der Waals surface area (Å²) in [5.74, 6) is 0. The Bertz CT molecular complexity index is 2730. The van der Waals surface area contributed by atoms with E-state index >= 15 is 0 Å². The number of nitrogens with zero attached hydrogens (tertiary/aromatic N) is 3. The van der Waals surface area contributed by atoms with Crippen LogP contribution in [0.25, 0.3) is 38.1 Å². The number of anilines is 6. The molecule has 7 aromatic carbocycles. The fourth-order valence-electron chi connectivity index (χ4n) is 9.13. The zero-order valence-corrected chi connectivity index (χ0v) is 28.4. The second-order valence-corrected chi connectivity index (χ2v) is 14.9. The van der Waals surface area contributed by atoms with Gasteiger partial charge in [-0.25, -0.2) is 0 Å². The molecule has 50 heavy (non-hydrogen) atoms. The molecule has 2 aliphatic rings. The highest BCUT2D eigenvalue weighted by Crippen LogP contribution is 2.54. The van der Waals surface area contributed by atoms with E-state index in [1.165, 1.54) is 94.2 Å². The van der Waals surface area contributed by atoms with E-state index in [9.17, 15) is 0 Å². The average Bonchev–Trinajstić information content (AvgIpc) is 3.67. The monoisotopic (exact) mass is 639 g/mol. The van der Waals surface area contributed by atoms with Gasteiger partial charge in [0, 0.05) is 44.3 Å².